The first-order valence-corrected chi connectivity index (χ1v) is 9.97. The topological polar surface area (TPSA) is 63.8 Å². The highest BCUT2D eigenvalue weighted by Gasteiger charge is 2.46. The fraction of sp³-hybridized carbons (Fsp3) is 0.500. The summed E-state index contributed by atoms with van der Waals surface area (Å²) in [6.07, 6.45) is 3.67. The maximum absolute atomic E-state index is 12.3. The van der Waals surface area contributed by atoms with Crippen molar-refractivity contribution >= 4 is 16.9 Å². The van der Waals surface area contributed by atoms with E-state index >= 15 is 0 Å². The third-order valence-electron chi connectivity index (χ3n) is 6.84. The Balaban J connectivity index is 1.54. The van der Waals surface area contributed by atoms with Crippen LogP contribution in [0.3, 0.4) is 0 Å². The van der Waals surface area contributed by atoms with Crippen molar-refractivity contribution in [2.75, 3.05) is 27.3 Å². The molecule has 0 spiro atoms. The highest BCUT2D eigenvalue weighted by molar-refractivity contribution is 5.89. The second-order valence-corrected chi connectivity index (χ2v) is 8.10. The first kappa shape index (κ1) is 17.6. The van der Waals surface area contributed by atoms with E-state index in [1.54, 1.807) is 13.4 Å². The summed E-state index contributed by atoms with van der Waals surface area (Å²) in [5, 5.41) is 1.28. The third kappa shape index (κ3) is 2.54. The molecule has 0 unspecified atom stereocenters. The number of aromatic nitrogens is 1. The lowest BCUT2D eigenvalue weighted by Crippen LogP contribution is -2.51. The van der Waals surface area contributed by atoms with Gasteiger partial charge in [0.25, 0.3) is 0 Å². The Bertz CT molecular complexity index is 963. The van der Waals surface area contributed by atoms with Crippen molar-refractivity contribution in [3.05, 3.63) is 41.3 Å². The molecule has 0 amide bonds. The molecule has 6 heteroatoms. The van der Waals surface area contributed by atoms with Crippen molar-refractivity contribution < 1.29 is 19.0 Å². The number of fused-ring (bicyclic) bond motifs is 6. The first-order chi connectivity index (χ1) is 13.6. The number of piperidine rings is 1. The summed E-state index contributed by atoms with van der Waals surface area (Å²) in [6, 6.07) is 6.53. The number of nitrogens with one attached hydrogen (secondary N) is 1. The van der Waals surface area contributed by atoms with Gasteiger partial charge >= 0.3 is 5.97 Å². The summed E-state index contributed by atoms with van der Waals surface area (Å²) >= 11 is 0. The number of H-pyrrole nitrogens is 1. The number of benzene rings is 1. The first-order valence-electron chi connectivity index (χ1n) is 9.97. The summed E-state index contributed by atoms with van der Waals surface area (Å²) in [4.78, 5) is 18.6. The van der Waals surface area contributed by atoms with Gasteiger partial charge in [0, 0.05) is 47.6 Å². The second-order valence-electron chi connectivity index (χ2n) is 8.10. The number of hydrogen-bond acceptors (Lipinski definition) is 5. The molecular formula is C22H26N2O4. The van der Waals surface area contributed by atoms with Crippen LogP contribution in [-0.4, -0.2) is 49.3 Å². The number of nitrogens with zero attached hydrogens (tertiary/aromatic N) is 1. The Kier molecular flexibility index (Phi) is 4.12. The lowest BCUT2D eigenvalue weighted by Gasteiger charge is -2.49. The predicted octanol–water partition coefficient (Wildman–Crippen LogP) is 3.19. The Morgan fingerprint density at radius 3 is 2.96 bits per heavy atom. The summed E-state index contributed by atoms with van der Waals surface area (Å²) in [5.74, 6) is 1.05. The zero-order chi connectivity index (χ0) is 19.4. The average molecular weight is 382 g/mol. The van der Waals surface area contributed by atoms with Crippen molar-refractivity contribution in [1.82, 2.24) is 9.88 Å². The number of methoxy groups -OCH3 is 2. The smallest absolute Gasteiger partial charge is 0.337 e. The summed E-state index contributed by atoms with van der Waals surface area (Å²) in [5.41, 5.74) is 4.49. The molecule has 0 bridgehead atoms. The zero-order valence-electron chi connectivity index (χ0n) is 16.5. The highest BCUT2D eigenvalue weighted by atomic mass is 16.5. The molecule has 0 radical (unpaired) electrons. The van der Waals surface area contributed by atoms with Gasteiger partial charge in [0.2, 0.25) is 0 Å². The predicted molar refractivity (Wildman–Crippen MR) is 105 cm³/mol. The Labute approximate surface area is 164 Å². The second kappa shape index (κ2) is 6.55. The van der Waals surface area contributed by atoms with E-state index in [1.807, 2.05) is 6.07 Å². The molecule has 148 valence electrons. The fourth-order valence-electron chi connectivity index (χ4n) is 5.35. The van der Waals surface area contributed by atoms with Crippen LogP contribution in [0.4, 0.5) is 0 Å². The quantitative estimate of drug-likeness (QED) is 0.809. The molecule has 1 fully saturated rings. The maximum atomic E-state index is 12.3. The van der Waals surface area contributed by atoms with Gasteiger partial charge in [-0.1, -0.05) is 0 Å². The normalized spacial score (nSPS) is 29.2. The van der Waals surface area contributed by atoms with E-state index < -0.39 is 0 Å². The molecule has 4 heterocycles. The van der Waals surface area contributed by atoms with Crippen LogP contribution in [-0.2, 0) is 20.7 Å². The minimum atomic E-state index is -0.271. The number of esters is 1. The van der Waals surface area contributed by atoms with Gasteiger partial charge in [-0.05, 0) is 37.5 Å². The van der Waals surface area contributed by atoms with E-state index in [9.17, 15) is 4.79 Å². The van der Waals surface area contributed by atoms with Crippen LogP contribution >= 0.6 is 0 Å². The van der Waals surface area contributed by atoms with Gasteiger partial charge < -0.3 is 19.2 Å². The number of carbonyl (C=O) groups is 1. The molecule has 6 nitrogen and oxygen atoms in total. The Hall–Kier alpha value is -2.47. The van der Waals surface area contributed by atoms with E-state index in [0.717, 1.165) is 37.2 Å². The van der Waals surface area contributed by atoms with Crippen LogP contribution < -0.4 is 4.74 Å². The van der Waals surface area contributed by atoms with Crippen molar-refractivity contribution in [3.63, 3.8) is 0 Å². The molecule has 5 rings (SSSR count). The van der Waals surface area contributed by atoms with Crippen molar-refractivity contribution in [2.24, 2.45) is 11.8 Å². The van der Waals surface area contributed by atoms with Crippen LogP contribution in [0.15, 0.2) is 30.0 Å². The number of rotatable bonds is 2. The molecule has 0 saturated carbocycles. The van der Waals surface area contributed by atoms with E-state index in [0.29, 0.717) is 11.5 Å². The number of hydrogen-bond donors (Lipinski definition) is 1. The van der Waals surface area contributed by atoms with E-state index in [1.165, 1.54) is 23.8 Å². The SMILES string of the molecule is COC(=O)C1=CO[C@@H](C)[C@@H]2CN3CCc4c([nH]c5cc(OC)ccc45)[C@@H]3C[C@H]12. The van der Waals surface area contributed by atoms with Gasteiger partial charge in [0.15, 0.2) is 0 Å². The van der Waals surface area contributed by atoms with Crippen LogP contribution in [0.25, 0.3) is 10.9 Å². The Morgan fingerprint density at radius 1 is 1.32 bits per heavy atom. The molecule has 3 aliphatic rings. The third-order valence-corrected chi connectivity index (χ3v) is 6.84. The van der Waals surface area contributed by atoms with Crippen molar-refractivity contribution in [3.8, 4) is 5.75 Å². The van der Waals surface area contributed by atoms with Crippen LogP contribution in [0.5, 0.6) is 5.75 Å². The molecule has 0 aliphatic carbocycles. The highest BCUT2D eigenvalue weighted by Crippen LogP contribution is 2.47. The summed E-state index contributed by atoms with van der Waals surface area (Å²) < 4.78 is 16.2. The molecule has 1 aromatic carbocycles. The van der Waals surface area contributed by atoms with Crippen molar-refractivity contribution in [1.29, 1.82) is 0 Å². The van der Waals surface area contributed by atoms with Gasteiger partial charge in [-0.2, -0.15) is 0 Å². The lowest BCUT2D eigenvalue weighted by atomic mass is 9.72. The number of carbonyl (C=O) groups excluding carboxylic acids is 1. The minimum absolute atomic E-state index is 0.104. The van der Waals surface area contributed by atoms with Crippen LogP contribution in [0, 0.1) is 11.8 Å². The minimum Gasteiger partial charge on any atom is -0.497 e. The van der Waals surface area contributed by atoms with E-state index in [2.05, 4.69) is 28.9 Å². The molecule has 1 N–H and O–H groups in total. The van der Waals surface area contributed by atoms with Crippen LogP contribution in [0.2, 0.25) is 0 Å². The molecule has 2 aromatic rings. The van der Waals surface area contributed by atoms with E-state index in [-0.39, 0.29) is 24.0 Å². The van der Waals surface area contributed by atoms with Gasteiger partial charge in [-0.25, -0.2) is 4.79 Å². The zero-order valence-corrected chi connectivity index (χ0v) is 16.5. The van der Waals surface area contributed by atoms with Crippen LogP contribution in [0.1, 0.15) is 30.6 Å². The molecule has 3 aliphatic heterocycles. The molecule has 28 heavy (non-hydrogen) atoms. The summed E-state index contributed by atoms with van der Waals surface area (Å²) in [6.45, 7) is 4.07. The van der Waals surface area contributed by atoms with Gasteiger partial charge in [0.05, 0.1) is 38.2 Å². The van der Waals surface area contributed by atoms with Gasteiger partial charge in [-0.3, -0.25) is 4.90 Å². The monoisotopic (exact) mass is 382 g/mol. The Morgan fingerprint density at radius 2 is 2.18 bits per heavy atom. The maximum Gasteiger partial charge on any atom is 0.337 e. The number of aromatic amines is 1. The summed E-state index contributed by atoms with van der Waals surface area (Å²) in [7, 11) is 3.13. The average Bonchev–Trinajstić information content (AvgIpc) is 3.10. The van der Waals surface area contributed by atoms with E-state index in [4.69, 9.17) is 14.2 Å². The van der Waals surface area contributed by atoms with Gasteiger partial charge in [-0.15, -0.1) is 0 Å². The molecular weight excluding hydrogens is 356 g/mol. The van der Waals surface area contributed by atoms with Crippen molar-refractivity contribution in [2.45, 2.75) is 31.9 Å². The standard InChI is InChI=1S/C22H26N2O4/c1-12-17-10-24-7-6-15-14-5-4-13(26-2)8-19(14)23-21(15)20(24)9-16(17)18(11-28-12)22(25)27-3/h4-5,8,11-12,16-17,20,23H,6-7,9-10H2,1-3H3/t12-,16-,17-,20-/m0/s1. The molecule has 4 atom stereocenters. The molecule has 1 aromatic heterocycles. The fourth-order valence-corrected chi connectivity index (χ4v) is 5.35. The lowest BCUT2D eigenvalue weighted by molar-refractivity contribution is -0.139. The largest absolute Gasteiger partial charge is 0.497 e. The number of ether oxygens (including phenoxy) is 3. The molecule has 1 saturated heterocycles. The van der Waals surface area contributed by atoms with Gasteiger partial charge in [0.1, 0.15) is 5.75 Å².